The monoisotopic (exact) mass is 517 g/mol. The van der Waals surface area contributed by atoms with Crippen molar-refractivity contribution in [1.82, 2.24) is 25.1 Å². The first-order valence-corrected chi connectivity index (χ1v) is 13.8. The molecule has 2 saturated heterocycles. The number of benzene rings is 2. The normalized spacial score (nSPS) is 19.9. The maximum absolute atomic E-state index is 13.7. The summed E-state index contributed by atoms with van der Waals surface area (Å²) in [5, 5.41) is 6.13. The maximum atomic E-state index is 13.7. The molecule has 1 N–H and O–H groups in total. The summed E-state index contributed by atoms with van der Waals surface area (Å²) in [6.45, 7) is 0.997. The third-order valence-electron chi connectivity index (χ3n) is 6.65. The molecule has 2 atom stereocenters. The minimum absolute atomic E-state index is 0.0552. The zero-order chi connectivity index (χ0) is 26.4. The Hall–Kier alpha value is -3.42. The third-order valence-corrected chi connectivity index (χ3v) is 7.29. The lowest BCUT2D eigenvalue weighted by molar-refractivity contribution is -0.189. The molecule has 4 amide bonds. The quantitative estimate of drug-likeness (QED) is 0.411. The zero-order valence-electron chi connectivity index (χ0n) is 21.3. The number of hydrazine groups is 1. The van der Waals surface area contributed by atoms with Crippen molar-refractivity contribution in [1.29, 1.82) is 0 Å². The number of hydrogen-bond acceptors (Lipinski definition) is 5. The summed E-state index contributed by atoms with van der Waals surface area (Å²) >= 11 is 1.63. The van der Waals surface area contributed by atoms with E-state index in [0.717, 1.165) is 22.3 Å². The molecule has 0 aliphatic carbocycles. The summed E-state index contributed by atoms with van der Waals surface area (Å²) in [5.74, 6) is 3.01. The van der Waals surface area contributed by atoms with Gasteiger partial charge < -0.3 is 15.1 Å². The second-order valence-corrected chi connectivity index (χ2v) is 10.3. The SMILES string of the molecule is Bc1cccc(CN2C[C@H]3N(C(=O)CN(CC#C)N3C(=O)NCc3ccccc3)[C@@H](CCSC)C2=O)c1. The van der Waals surface area contributed by atoms with Gasteiger partial charge in [-0.05, 0) is 29.6 Å². The first-order chi connectivity index (χ1) is 17.9. The predicted octanol–water partition coefficient (Wildman–Crippen LogP) is 0.639. The van der Waals surface area contributed by atoms with Crippen LogP contribution in [0, 0.1) is 12.3 Å². The molecule has 0 saturated carbocycles. The van der Waals surface area contributed by atoms with E-state index in [9.17, 15) is 14.4 Å². The largest absolute Gasteiger partial charge is 0.334 e. The van der Waals surface area contributed by atoms with Crippen LogP contribution in [-0.2, 0) is 22.7 Å². The summed E-state index contributed by atoms with van der Waals surface area (Å²) in [6.07, 6.45) is 7.46. The van der Waals surface area contributed by atoms with Gasteiger partial charge in [0, 0.05) is 13.1 Å². The lowest BCUT2D eigenvalue weighted by atomic mass is 9.94. The molecule has 10 heteroatoms. The molecule has 0 unspecified atom stereocenters. The molecule has 37 heavy (non-hydrogen) atoms. The predicted molar refractivity (Wildman–Crippen MR) is 148 cm³/mol. The van der Waals surface area contributed by atoms with Crippen molar-refractivity contribution in [2.75, 3.05) is 31.6 Å². The lowest BCUT2D eigenvalue weighted by Gasteiger charge is -2.55. The first kappa shape index (κ1) is 26.6. The molecule has 0 radical (unpaired) electrons. The average Bonchev–Trinajstić information content (AvgIpc) is 2.88. The number of thioether (sulfide) groups is 1. The van der Waals surface area contributed by atoms with Gasteiger partial charge >= 0.3 is 6.03 Å². The average molecular weight is 517 g/mol. The molecular weight excluding hydrogens is 485 g/mol. The van der Waals surface area contributed by atoms with Crippen molar-refractivity contribution in [2.24, 2.45) is 0 Å². The molecular formula is C27H32BN5O3S. The number of amides is 4. The standard InChI is InChI=1S/C27H32BN5O3S/c1-3-13-31-19-25(34)32-23(12-14-37-2)26(35)30(17-21-10-7-11-22(28)15-21)18-24(32)33(31)27(36)29-16-20-8-5-4-6-9-20/h1,4-11,15,23-24H,12-14,16-19,28H2,2H3,(H,29,36)/t23-,24-/m0/s1. The van der Waals surface area contributed by atoms with Gasteiger partial charge in [0.2, 0.25) is 11.8 Å². The highest BCUT2D eigenvalue weighted by molar-refractivity contribution is 7.98. The lowest BCUT2D eigenvalue weighted by Crippen LogP contribution is -2.76. The Morgan fingerprint density at radius 1 is 1.16 bits per heavy atom. The molecule has 2 aromatic carbocycles. The van der Waals surface area contributed by atoms with E-state index in [1.54, 1.807) is 31.6 Å². The number of hydrogen-bond donors (Lipinski definition) is 1. The Kier molecular flexibility index (Phi) is 8.80. The second-order valence-electron chi connectivity index (χ2n) is 9.30. The van der Waals surface area contributed by atoms with Crippen LogP contribution in [0.1, 0.15) is 17.5 Å². The van der Waals surface area contributed by atoms with Crippen LogP contribution in [0.5, 0.6) is 0 Å². The van der Waals surface area contributed by atoms with Crippen LogP contribution in [0.4, 0.5) is 4.79 Å². The number of fused-ring (bicyclic) bond motifs is 1. The molecule has 0 aromatic heterocycles. The van der Waals surface area contributed by atoms with Crippen molar-refractivity contribution >= 4 is 42.9 Å². The molecule has 0 bridgehead atoms. The Balaban J connectivity index is 1.65. The van der Waals surface area contributed by atoms with Gasteiger partial charge in [-0.3, -0.25) is 9.59 Å². The fourth-order valence-corrected chi connectivity index (χ4v) is 5.43. The van der Waals surface area contributed by atoms with Gasteiger partial charge in [-0.1, -0.05) is 66.0 Å². The minimum atomic E-state index is -0.653. The van der Waals surface area contributed by atoms with Crippen molar-refractivity contribution < 1.29 is 14.4 Å². The number of urea groups is 1. The fourth-order valence-electron chi connectivity index (χ4n) is 4.97. The molecule has 2 aromatic rings. The third kappa shape index (κ3) is 6.12. The molecule has 2 aliphatic heterocycles. The fraction of sp³-hybridized carbons (Fsp3) is 0.370. The smallest absolute Gasteiger partial charge is 0.333 e. The Morgan fingerprint density at radius 3 is 2.62 bits per heavy atom. The van der Waals surface area contributed by atoms with E-state index in [-0.39, 0.29) is 37.5 Å². The van der Waals surface area contributed by atoms with Crippen LogP contribution >= 0.6 is 11.8 Å². The zero-order valence-corrected chi connectivity index (χ0v) is 22.1. The highest BCUT2D eigenvalue weighted by Crippen LogP contribution is 2.29. The van der Waals surface area contributed by atoms with Gasteiger partial charge in [0.05, 0.1) is 19.6 Å². The van der Waals surface area contributed by atoms with Gasteiger partial charge in [0.15, 0.2) is 0 Å². The van der Waals surface area contributed by atoms with E-state index in [0.29, 0.717) is 19.5 Å². The van der Waals surface area contributed by atoms with Gasteiger partial charge in [-0.25, -0.2) is 9.80 Å². The summed E-state index contributed by atoms with van der Waals surface area (Å²) in [4.78, 5) is 44.0. The number of nitrogens with one attached hydrogen (secondary N) is 1. The summed E-state index contributed by atoms with van der Waals surface area (Å²) in [5.41, 5.74) is 3.08. The van der Waals surface area contributed by atoms with Crippen LogP contribution in [0.2, 0.25) is 0 Å². The maximum Gasteiger partial charge on any atom is 0.334 e. The number of carbonyl (C=O) groups is 3. The van der Waals surface area contributed by atoms with Crippen LogP contribution < -0.4 is 10.8 Å². The van der Waals surface area contributed by atoms with Gasteiger partial charge in [-0.15, -0.1) is 6.42 Å². The van der Waals surface area contributed by atoms with Crippen LogP contribution in [0.25, 0.3) is 0 Å². The molecule has 2 aliphatic rings. The molecule has 0 spiro atoms. The van der Waals surface area contributed by atoms with E-state index in [1.165, 1.54) is 0 Å². The summed E-state index contributed by atoms with van der Waals surface area (Å²) in [6, 6.07) is 16.7. The first-order valence-electron chi connectivity index (χ1n) is 12.4. The van der Waals surface area contributed by atoms with Gasteiger partial charge in [0.1, 0.15) is 20.1 Å². The number of nitrogens with zero attached hydrogens (tertiary/aromatic N) is 4. The number of piperazine rings is 1. The molecule has 2 fully saturated rings. The highest BCUT2D eigenvalue weighted by Gasteiger charge is 2.51. The topological polar surface area (TPSA) is 76.2 Å². The van der Waals surface area contributed by atoms with Crippen molar-refractivity contribution in [3.8, 4) is 12.3 Å². The summed E-state index contributed by atoms with van der Waals surface area (Å²) in [7, 11) is 2.01. The molecule has 8 nitrogen and oxygen atoms in total. The van der Waals surface area contributed by atoms with E-state index in [4.69, 9.17) is 6.42 Å². The Bertz CT molecular complexity index is 1170. The Labute approximate surface area is 223 Å². The highest BCUT2D eigenvalue weighted by atomic mass is 32.2. The van der Waals surface area contributed by atoms with E-state index in [1.807, 2.05) is 62.6 Å². The number of terminal acetylenes is 1. The Morgan fingerprint density at radius 2 is 1.92 bits per heavy atom. The second kappa shape index (κ2) is 12.2. The number of carbonyl (C=O) groups excluding carboxylic acids is 3. The van der Waals surface area contributed by atoms with E-state index < -0.39 is 12.2 Å². The molecule has 192 valence electrons. The molecule has 2 heterocycles. The number of rotatable bonds is 8. The van der Waals surface area contributed by atoms with Crippen molar-refractivity contribution in [2.45, 2.75) is 31.7 Å². The van der Waals surface area contributed by atoms with Crippen molar-refractivity contribution in [3.63, 3.8) is 0 Å². The van der Waals surface area contributed by atoms with Crippen LogP contribution in [0.15, 0.2) is 54.6 Å². The van der Waals surface area contributed by atoms with Gasteiger partial charge in [-0.2, -0.15) is 16.8 Å². The van der Waals surface area contributed by atoms with Gasteiger partial charge in [0.25, 0.3) is 0 Å². The van der Waals surface area contributed by atoms with E-state index >= 15 is 0 Å². The van der Waals surface area contributed by atoms with E-state index in [2.05, 4.69) is 17.3 Å². The minimum Gasteiger partial charge on any atom is -0.333 e. The van der Waals surface area contributed by atoms with Crippen LogP contribution in [-0.4, -0.2) is 89.4 Å². The molecule has 4 rings (SSSR count). The summed E-state index contributed by atoms with van der Waals surface area (Å²) < 4.78 is 0. The van der Waals surface area contributed by atoms with Crippen molar-refractivity contribution in [3.05, 3.63) is 65.7 Å². The van der Waals surface area contributed by atoms with Crippen LogP contribution in [0.3, 0.4) is 0 Å².